The summed E-state index contributed by atoms with van der Waals surface area (Å²) in [7, 11) is 0. The summed E-state index contributed by atoms with van der Waals surface area (Å²) >= 11 is 5.39. The average molecular weight is 393 g/mol. The van der Waals surface area contributed by atoms with Gasteiger partial charge in [-0.3, -0.25) is 4.90 Å². The lowest BCUT2D eigenvalue weighted by Gasteiger charge is -2.36. The van der Waals surface area contributed by atoms with Gasteiger partial charge in [0.1, 0.15) is 0 Å². The normalized spacial score (nSPS) is 15.6. The molecule has 1 saturated heterocycles. The number of anilines is 1. The molecule has 1 aliphatic heterocycles. The lowest BCUT2D eigenvalue weighted by molar-refractivity contribution is -0.137. The Morgan fingerprint density at radius 2 is 1.67 bits per heavy atom. The second kappa shape index (κ2) is 8.71. The molecule has 0 unspecified atom stereocenters. The molecule has 0 atom stereocenters. The van der Waals surface area contributed by atoms with Crippen molar-refractivity contribution < 1.29 is 13.2 Å². The van der Waals surface area contributed by atoms with Crippen LogP contribution in [0.2, 0.25) is 0 Å². The topological polar surface area (TPSA) is 18.5 Å². The van der Waals surface area contributed by atoms with Crippen LogP contribution in [0.25, 0.3) is 0 Å². The largest absolute Gasteiger partial charge is 0.416 e. The molecule has 7 heteroatoms. The Labute approximate surface area is 162 Å². The zero-order valence-electron chi connectivity index (χ0n) is 14.9. The monoisotopic (exact) mass is 393 g/mol. The Morgan fingerprint density at radius 1 is 0.963 bits per heavy atom. The molecule has 2 aromatic rings. The fourth-order valence-electron chi connectivity index (χ4n) is 3.08. The third kappa shape index (κ3) is 5.68. The summed E-state index contributed by atoms with van der Waals surface area (Å²) in [5.74, 6) is 0. The fourth-order valence-corrected chi connectivity index (χ4v) is 3.38. The van der Waals surface area contributed by atoms with Crippen molar-refractivity contribution in [2.45, 2.75) is 12.6 Å². The van der Waals surface area contributed by atoms with Gasteiger partial charge in [-0.1, -0.05) is 36.4 Å². The molecule has 2 aromatic carbocycles. The van der Waals surface area contributed by atoms with E-state index >= 15 is 0 Å². The second-order valence-corrected chi connectivity index (χ2v) is 6.96. The molecule has 1 N–H and O–H groups in total. The molecular formula is C20H22F3N3S. The lowest BCUT2D eigenvalue weighted by Crippen LogP contribution is -2.50. The minimum Gasteiger partial charge on any atom is -0.346 e. The number of rotatable bonds is 4. The van der Waals surface area contributed by atoms with Gasteiger partial charge in [0.2, 0.25) is 0 Å². The number of nitrogens with one attached hydrogen (secondary N) is 1. The van der Waals surface area contributed by atoms with Gasteiger partial charge in [0, 0.05) is 38.4 Å². The number of benzene rings is 2. The van der Waals surface area contributed by atoms with Crippen molar-refractivity contribution in [3.05, 3.63) is 65.7 Å². The van der Waals surface area contributed by atoms with E-state index in [1.54, 1.807) is 6.07 Å². The van der Waals surface area contributed by atoms with Crippen LogP contribution in [0.4, 0.5) is 18.9 Å². The Kier molecular flexibility index (Phi) is 6.34. The molecule has 0 saturated carbocycles. The maximum Gasteiger partial charge on any atom is 0.416 e. The summed E-state index contributed by atoms with van der Waals surface area (Å²) < 4.78 is 38.5. The van der Waals surface area contributed by atoms with Crippen molar-refractivity contribution in [1.29, 1.82) is 0 Å². The second-order valence-electron chi connectivity index (χ2n) is 6.57. The number of hydrogen-bond acceptors (Lipinski definition) is 2. The van der Waals surface area contributed by atoms with E-state index in [0.29, 0.717) is 10.8 Å². The maximum absolute atomic E-state index is 12.8. The van der Waals surface area contributed by atoms with Gasteiger partial charge in [-0.05, 0) is 42.4 Å². The molecule has 144 valence electrons. The van der Waals surface area contributed by atoms with Gasteiger partial charge in [0.15, 0.2) is 5.11 Å². The van der Waals surface area contributed by atoms with E-state index in [1.807, 2.05) is 23.1 Å². The number of nitrogens with zero attached hydrogens (tertiary/aromatic N) is 2. The first kappa shape index (κ1) is 19.6. The highest BCUT2D eigenvalue weighted by Crippen LogP contribution is 2.30. The zero-order chi connectivity index (χ0) is 19.3. The van der Waals surface area contributed by atoms with Crippen LogP contribution in [0.5, 0.6) is 0 Å². The van der Waals surface area contributed by atoms with Gasteiger partial charge in [-0.15, -0.1) is 0 Å². The molecular weight excluding hydrogens is 371 g/mol. The first-order valence-electron chi connectivity index (χ1n) is 8.91. The SMILES string of the molecule is FC(F)(F)c1cccc(NC(=S)N2CCN(CCc3ccccc3)CC2)c1. The van der Waals surface area contributed by atoms with Crippen molar-refractivity contribution >= 4 is 23.0 Å². The van der Waals surface area contributed by atoms with Crippen LogP contribution in [0.3, 0.4) is 0 Å². The van der Waals surface area contributed by atoms with E-state index in [9.17, 15) is 13.2 Å². The van der Waals surface area contributed by atoms with Crippen LogP contribution in [-0.2, 0) is 12.6 Å². The minimum absolute atomic E-state index is 0.362. The average Bonchev–Trinajstić information content (AvgIpc) is 2.67. The molecule has 0 amide bonds. The third-order valence-electron chi connectivity index (χ3n) is 4.66. The van der Waals surface area contributed by atoms with Crippen LogP contribution >= 0.6 is 12.2 Å². The van der Waals surface area contributed by atoms with Crippen molar-refractivity contribution in [3.8, 4) is 0 Å². The fraction of sp³-hybridized carbons (Fsp3) is 0.350. The Hall–Kier alpha value is -2.12. The summed E-state index contributed by atoms with van der Waals surface area (Å²) in [5.41, 5.74) is 1.00. The van der Waals surface area contributed by atoms with Gasteiger partial charge >= 0.3 is 6.18 Å². The van der Waals surface area contributed by atoms with Crippen LogP contribution in [0, 0.1) is 0 Å². The molecule has 27 heavy (non-hydrogen) atoms. The highest BCUT2D eigenvalue weighted by atomic mass is 32.1. The zero-order valence-corrected chi connectivity index (χ0v) is 15.7. The standard InChI is InChI=1S/C20H22F3N3S/c21-20(22,23)17-7-4-8-18(15-17)24-19(27)26-13-11-25(12-14-26)10-9-16-5-2-1-3-6-16/h1-8,15H,9-14H2,(H,24,27). The summed E-state index contributed by atoms with van der Waals surface area (Å²) in [6, 6.07) is 15.5. The molecule has 0 spiro atoms. The van der Waals surface area contributed by atoms with Crippen molar-refractivity contribution in [2.24, 2.45) is 0 Å². The summed E-state index contributed by atoms with van der Waals surface area (Å²) in [6.07, 6.45) is -3.35. The Morgan fingerprint density at radius 3 is 2.33 bits per heavy atom. The van der Waals surface area contributed by atoms with Crippen LogP contribution in [0.1, 0.15) is 11.1 Å². The molecule has 1 fully saturated rings. The van der Waals surface area contributed by atoms with Gasteiger partial charge in [0.05, 0.1) is 5.56 Å². The van der Waals surface area contributed by atoms with E-state index in [4.69, 9.17) is 12.2 Å². The van der Waals surface area contributed by atoms with E-state index in [1.165, 1.54) is 11.6 Å². The van der Waals surface area contributed by atoms with Crippen molar-refractivity contribution in [2.75, 3.05) is 38.0 Å². The quantitative estimate of drug-likeness (QED) is 0.782. The first-order chi connectivity index (χ1) is 12.9. The van der Waals surface area contributed by atoms with Gasteiger partial charge in [-0.2, -0.15) is 13.2 Å². The number of hydrogen-bond donors (Lipinski definition) is 1. The smallest absolute Gasteiger partial charge is 0.346 e. The van der Waals surface area contributed by atoms with E-state index < -0.39 is 11.7 Å². The molecule has 3 nitrogen and oxygen atoms in total. The van der Waals surface area contributed by atoms with Crippen LogP contribution < -0.4 is 5.32 Å². The molecule has 1 aliphatic rings. The van der Waals surface area contributed by atoms with Crippen LogP contribution in [-0.4, -0.2) is 47.6 Å². The molecule has 0 aliphatic carbocycles. The van der Waals surface area contributed by atoms with Crippen molar-refractivity contribution in [1.82, 2.24) is 9.80 Å². The summed E-state index contributed by atoms with van der Waals surface area (Å²) in [4.78, 5) is 4.39. The number of halogens is 3. The molecule has 3 rings (SSSR count). The van der Waals surface area contributed by atoms with Gasteiger partial charge < -0.3 is 10.2 Å². The molecule has 0 radical (unpaired) electrons. The first-order valence-corrected chi connectivity index (χ1v) is 9.32. The maximum atomic E-state index is 12.8. The highest BCUT2D eigenvalue weighted by Gasteiger charge is 2.30. The predicted octanol–water partition coefficient (Wildman–Crippen LogP) is 4.26. The van der Waals surface area contributed by atoms with E-state index in [-0.39, 0.29) is 0 Å². The van der Waals surface area contributed by atoms with Gasteiger partial charge in [-0.25, -0.2) is 0 Å². The number of thiocarbonyl (C=S) groups is 1. The van der Waals surface area contributed by atoms with Crippen LogP contribution in [0.15, 0.2) is 54.6 Å². The predicted molar refractivity (Wildman–Crippen MR) is 106 cm³/mol. The molecule has 0 bridgehead atoms. The minimum atomic E-state index is -4.36. The third-order valence-corrected chi connectivity index (χ3v) is 5.02. The highest BCUT2D eigenvalue weighted by molar-refractivity contribution is 7.80. The lowest BCUT2D eigenvalue weighted by atomic mass is 10.1. The van der Waals surface area contributed by atoms with Crippen molar-refractivity contribution in [3.63, 3.8) is 0 Å². The van der Waals surface area contributed by atoms with E-state index in [0.717, 1.165) is 51.3 Å². The molecule has 0 aromatic heterocycles. The summed E-state index contributed by atoms with van der Waals surface area (Å²) in [6.45, 7) is 4.29. The Bertz CT molecular complexity index is 757. The van der Waals surface area contributed by atoms with Gasteiger partial charge in [0.25, 0.3) is 0 Å². The Balaban J connectivity index is 1.47. The number of piperazine rings is 1. The van der Waals surface area contributed by atoms with E-state index in [2.05, 4.69) is 22.3 Å². The number of alkyl halides is 3. The summed E-state index contributed by atoms with van der Waals surface area (Å²) in [5, 5.41) is 3.41. The molecule has 1 heterocycles.